The summed E-state index contributed by atoms with van der Waals surface area (Å²) in [5.74, 6) is 0.106. The Kier molecular flexibility index (Phi) is 5.58. The van der Waals surface area contributed by atoms with Crippen LogP contribution in [0.2, 0.25) is 0 Å². The summed E-state index contributed by atoms with van der Waals surface area (Å²) in [7, 11) is 0. The van der Waals surface area contributed by atoms with Gasteiger partial charge in [-0.2, -0.15) is 0 Å². The Labute approximate surface area is 149 Å². The first-order chi connectivity index (χ1) is 12.2. The van der Waals surface area contributed by atoms with Gasteiger partial charge in [-0.05, 0) is 59.8 Å². The zero-order valence-electron chi connectivity index (χ0n) is 13.6. The van der Waals surface area contributed by atoms with Crippen LogP contribution in [0.3, 0.4) is 0 Å². The number of benzene rings is 2. The summed E-state index contributed by atoms with van der Waals surface area (Å²) >= 11 is 1.38. The van der Waals surface area contributed by atoms with Crippen molar-refractivity contribution >= 4 is 17.1 Å². The van der Waals surface area contributed by atoms with E-state index in [1.807, 2.05) is 23.6 Å². The van der Waals surface area contributed by atoms with Gasteiger partial charge in [-0.3, -0.25) is 4.79 Å². The molecule has 1 heterocycles. The molecule has 0 saturated heterocycles. The minimum atomic E-state index is -0.313. The lowest BCUT2D eigenvalue weighted by Crippen LogP contribution is -2.09. The van der Waals surface area contributed by atoms with Gasteiger partial charge < -0.3 is 10.5 Å². The number of carbonyl (C=O) groups is 1. The second kappa shape index (κ2) is 8.05. The van der Waals surface area contributed by atoms with Crippen molar-refractivity contribution in [3.8, 4) is 16.9 Å². The molecule has 0 radical (unpaired) electrons. The van der Waals surface area contributed by atoms with Crippen LogP contribution in [0.1, 0.15) is 21.7 Å². The molecule has 128 valence electrons. The first kappa shape index (κ1) is 17.3. The van der Waals surface area contributed by atoms with E-state index in [9.17, 15) is 9.18 Å². The zero-order chi connectivity index (χ0) is 17.6. The van der Waals surface area contributed by atoms with Gasteiger partial charge in [0.2, 0.25) is 5.78 Å². The molecule has 3 aromatic rings. The smallest absolute Gasteiger partial charge is 0.206 e. The van der Waals surface area contributed by atoms with E-state index < -0.39 is 0 Å². The van der Waals surface area contributed by atoms with E-state index >= 15 is 0 Å². The number of hydrogen-bond donors (Lipinski definition) is 1. The summed E-state index contributed by atoms with van der Waals surface area (Å²) in [5, 5.41) is 1.86. The Morgan fingerprint density at radius 1 is 1.08 bits per heavy atom. The number of ketones is 1. The predicted molar refractivity (Wildman–Crippen MR) is 98.8 cm³/mol. The molecule has 0 bridgehead atoms. The lowest BCUT2D eigenvalue weighted by atomic mass is 9.99. The molecule has 5 heteroatoms. The first-order valence-corrected chi connectivity index (χ1v) is 8.88. The standard InChI is InChI=1S/C20H18FNO2S/c21-16-5-1-4-14(12-16)15-7-8-18(24-10-3-9-22)17(13-15)20(23)19-6-2-11-25-19/h1-2,4-8,11-13H,3,9-10,22H2. The number of hydrogen-bond acceptors (Lipinski definition) is 4. The van der Waals surface area contributed by atoms with Crippen LogP contribution in [-0.4, -0.2) is 18.9 Å². The van der Waals surface area contributed by atoms with E-state index in [4.69, 9.17) is 10.5 Å². The van der Waals surface area contributed by atoms with Crippen LogP contribution in [0.5, 0.6) is 5.75 Å². The number of ether oxygens (including phenoxy) is 1. The second-order valence-electron chi connectivity index (χ2n) is 5.52. The summed E-state index contributed by atoms with van der Waals surface area (Å²) in [6, 6.07) is 15.3. The van der Waals surface area contributed by atoms with Gasteiger partial charge in [-0.1, -0.05) is 24.3 Å². The highest BCUT2D eigenvalue weighted by Crippen LogP contribution is 2.30. The highest BCUT2D eigenvalue weighted by atomic mass is 32.1. The maximum absolute atomic E-state index is 13.5. The maximum atomic E-state index is 13.5. The monoisotopic (exact) mass is 355 g/mol. The van der Waals surface area contributed by atoms with E-state index in [1.54, 1.807) is 24.3 Å². The molecule has 0 aliphatic carbocycles. The molecule has 2 N–H and O–H groups in total. The number of rotatable bonds is 7. The fourth-order valence-electron chi connectivity index (χ4n) is 2.49. The molecular weight excluding hydrogens is 337 g/mol. The van der Waals surface area contributed by atoms with E-state index in [2.05, 4.69) is 0 Å². The number of thiophene rings is 1. The minimum Gasteiger partial charge on any atom is -0.493 e. The predicted octanol–water partition coefficient (Wildman–Crippen LogP) is 4.51. The SMILES string of the molecule is NCCCOc1ccc(-c2cccc(F)c2)cc1C(=O)c1cccs1. The average Bonchev–Trinajstić information content (AvgIpc) is 3.16. The number of nitrogens with two attached hydrogens (primary N) is 1. The molecule has 0 spiro atoms. The molecule has 0 unspecified atom stereocenters. The van der Waals surface area contributed by atoms with Gasteiger partial charge in [-0.15, -0.1) is 11.3 Å². The summed E-state index contributed by atoms with van der Waals surface area (Å²) in [5.41, 5.74) is 7.46. The molecule has 25 heavy (non-hydrogen) atoms. The molecular formula is C20H18FNO2S. The maximum Gasteiger partial charge on any atom is 0.206 e. The fraction of sp³-hybridized carbons (Fsp3) is 0.150. The molecule has 0 atom stereocenters. The number of carbonyl (C=O) groups excluding carboxylic acids is 1. The second-order valence-corrected chi connectivity index (χ2v) is 6.47. The Morgan fingerprint density at radius 3 is 2.64 bits per heavy atom. The van der Waals surface area contributed by atoms with Crippen molar-refractivity contribution in [1.29, 1.82) is 0 Å². The summed E-state index contributed by atoms with van der Waals surface area (Å²) in [6.45, 7) is 0.968. The Balaban J connectivity index is 2.00. The minimum absolute atomic E-state index is 0.101. The first-order valence-electron chi connectivity index (χ1n) is 8.00. The van der Waals surface area contributed by atoms with E-state index in [-0.39, 0.29) is 11.6 Å². The quantitative estimate of drug-likeness (QED) is 0.501. The highest BCUT2D eigenvalue weighted by Gasteiger charge is 2.17. The lowest BCUT2D eigenvalue weighted by molar-refractivity contribution is 0.103. The van der Waals surface area contributed by atoms with Crippen LogP contribution in [-0.2, 0) is 0 Å². The molecule has 3 nitrogen and oxygen atoms in total. The Hall–Kier alpha value is -2.50. The van der Waals surface area contributed by atoms with Gasteiger partial charge >= 0.3 is 0 Å². The number of halogens is 1. The van der Waals surface area contributed by atoms with Crippen molar-refractivity contribution in [1.82, 2.24) is 0 Å². The van der Waals surface area contributed by atoms with Crippen molar-refractivity contribution < 1.29 is 13.9 Å². The van der Waals surface area contributed by atoms with Gasteiger partial charge in [0.1, 0.15) is 11.6 Å². The topological polar surface area (TPSA) is 52.3 Å². The van der Waals surface area contributed by atoms with Gasteiger partial charge in [0.05, 0.1) is 17.0 Å². The molecule has 0 aliphatic rings. The third-order valence-electron chi connectivity index (χ3n) is 3.73. The molecule has 2 aromatic carbocycles. The zero-order valence-corrected chi connectivity index (χ0v) is 14.4. The van der Waals surface area contributed by atoms with Crippen LogP contribution in [0, 0.1) is 5.82 Å². The average molecular weight is 355 g/mol. The lowest BCUT2D eigenvalue weighted by Gasteiger charge is -2.12. The van der Waals surface area contributed by atoms with Crippen molar-refractivity contribution in [2.45, 2.75) is 6.42 Å². The fourth-order valence-corrected chi connectivity index (χ4v) is 3.16. The Bertz CT molecular complexity index is 862. The van der Waals surface area contributed by atoms with E-state index in [0.717, 1.165) is 5.56 Å². The van der Waals surface area contributed by atoms with Crippen LogP contribution >= 0.6 is 11.3 Å². The molecule has 0 amide bonds. The van der Waals surface area contributed by atoms with E-state index in [1.165, 1.54) is 23.5 Å². The highest BCUT2D eigenvalue weighted by molar-refractivity contribution is 7.12. The van der Waals surface area contributed by atoms with Crippen LogP contribution in [0.15, 0.2) is 60.0 Å². The van der Waals surface area contributed by atoms with E-state index in [0.29, 0.717) is 41.3 Å². The largest absolute Gasteiger partial charge is 0.493 e. The van der Waals surface area contributed by atoms with Crippen molar-refractivity contribution in [2.75, 3.05) is 13.2 Å². The van der Waals surface area contributed by atoms with Gasteiger partial charge in [-0.25, -0.2) is 4.39 Å². The molecule has 0 saturated carbocycles. The van der Waals surface area contributed by atoms with Crippen molar-refractivity contribution in [3.05, 3.63) is 76.2 Å². The third kappa shape index (κ3) is 4.13. The van der Waals surface area contributed by atoms with Crippen LogP contribution < -0.4 is 10.5 Å². The summed E-state index contributed by atoms with van der Waals surface area (Å²) in [6.07, 6.45) is 0.707. The molecule has 0 fully saturated rings. The Morgan fingerprint density at radius 2 is 1.92 bits per heavy atom. The van der Waals surface area contributed by atoms with Crippen molar-refractivity contribution in [3.63, 3.8) is 0 Å². The molecule has 0 aliphatic heterocycles. The molecule has 3 rings (SSSR count). The summed E-state index contributed by atoms with van der Waals surface area (Å²) < 4.78 is 19.3. The van der Waals surface area contributed by atoms with Gasteiger partial charge in [0, 0.05) is 0 Å². The van der Waals surface area contributed by atoms with Gasteiger partial charge in [0.25, 0.3) is 0 Å². The van der Waals surface area contributed by atoms with Crippen LogP contribution in [0.25, 0.3) is 11.1 Å². The van der Waals surface area contributed by atoms with Gasteiger partial charge in [0.15, 0.2) is 0 Å². The van der Waals surface area contributed by atoms with Crippen LogP contribution in [0.4, 0.5) is 4.39 Å². The van der Waals surface area contributed by atoms with Crippen molar-refractivity contribution in [2.24, 2.45) is 5.73 Å². The third-order valence-corrected chi connectivity index (χ3v) is 4.60. The normalized spacial score (nSPS) is 10.6. The molecule has 1 aromatic heterocycles. The summed E-state index contributed by atoms with van der Waals surface area (Å²) in [4.78, 5) is 13.5.